The molecule has 0 bridgehead atoms. The normalized spacial score (nSPS) is 10.8. The Labute approximate surface area is 72.6 Å². The van der Waals surface area contributed by atoms with Gasteiger partial charge in [-0.15, -0.1) is 5.10 Å². The van der Waals surface area contributed by atoms with Crippen LogP contribution < -0.4 is 11.3 Å². The Bertz CT molecular complexity index is 497. The minimum Gasteiger partial charge on any atom is -0.369 e. The average Bonchev–Trinajstić information content (AvgIpc) is 2.47. The summed E-state index contributed by atoms with van der Waals surface area (Å²) in [7, 11) is 0. The number of rotatable bonds is 1. The zero-order chi connectivity index (χ0) is 9.42. The van der Waals surface area contributed by atoms with E-state index in [1.165, 1.54) is 4.68 Å². The first-order valence-electron chi connectivity index (χ1n) is 3.81. The van der Waals surface area contributed by atoms with Crippen LogP contribution in [0.5, 0.6) is 0 Å². The van der Waals surface area contributed by atoms with Gasteiger partial charge >= 0.3 is 0 Å². The Morgan fingerprint density at radius 3 is 3.08 bits per heavy atom. The van der Waals surface area contributed by atoms with Gasteiger partial charge in [-0.05, 0) is 6.92 Å². The van der Waals surface area contributed by atoms with Crippen molar-refractivity contribution >= 4 is 17.1 Å². The molecule has 7 nitrogen and oxygen atoms in total. The highest BCUT2D eigenvalue weighted by Crippen LogP contribution is 2.02. The summed E-state index contributed by atoms with van der Waals surface area (Å²) in [6, 6.07) is 0. The van der Waals surface area contributed by atoms with Crippen LogP contribution in [0.25, 0.3) is 11.2 Å². The number of aromatic amines is 1. The van der Waals surface area contributed by atoms with Crippen LogP contribution in [0.2, 0.25) is 0 Å². The number of anilines is 1. The summed E-state index contributed by atoms with van der Waals surface area (Å²) in [6.07, 6.45) is 0. The fourth-order valence-electron chi connectivity index (χ4n) is 1.10. The predicted molar refractivity (Wildman–Crippen MR) is 46.0 cm³/mol. The number of nitrogens with two attached hydrogens (primary N) is 1. The first-order chi connectivity index (χ1) is 6.22. The zero-order valence-electron chi connectivity index (χ0n) is 6.98. The van der Waals surface area contributed by atoms with E-state index in [2.05, 4.69) is 20.3 Å². The van der Waals surface area contributed by atoms with Crippen molar-refractivity contribution in [2.45, 2.75) is 13.5 Å². The number of aryl methyl sites for hydroxylation is 1. The number of nitrogen functional groups attached to an aromatic ring is 1. The fraction of sp³-hybridized carbons (Fsp3) is 0.333. The van der Waals surface area contributed by atoms with Crippen LogP contribution in [0.15, 0.2) is 4.79 Å². The van der Waals surface area contributed by atoms with Gasteiger partial charge in [0.05, 0.1) is 0 Å². The van der Waals surface area contributed by atoms with Crippen molar-refractivity contribution < 1.29 is 0 Å². The van der Waals surface area contributed by atoms with Crippen molar-refractivity contribution in [2.24, 2.45) is 0 Å². The van der Waals surface area contributed by atoms with Crippen molar-refractivity contribution in [3.63, 3.8) is 0 Å². The quantitative estimate of drug-likeness (QED) is 0.593. The molecule has 0 aliphatic carbocycles. The smallest absolute Gasteiger partial charge is 0.282 e. The number of hydrogen-bond acceptors (Lipinski definition) is 5. The molecule has 0 unspecified atom stereocenters. The molecule has 0 radical (unpaired) electrons. The lowest BCUT2D eigenvalue weighted by Crippen LogP contribution is -2.12. The van der Waals surface area contributed by atoms with E-state index in [0.29, 0.717) is 12.2 Å². The molecule has 0 atom stereocenters. The van der Waals surface area contributed by atoms with Gasteiger partial charge in [-0.2, -0.15) is 4.98 Å². The molecule has 13 heavy (non-hydrogen) atoms. The first kappa shape index (κ1) is 7.71. The second-order valence-electron chi connectivity index (χ2n) is 2.53. The third-order valence-corrected chi connectivity index (χ3v) is 1.69. The number of nitrogens with zero attached hydrogens (tertiary/aromatic N) is 4. The minimum atomic E-state index is -0.359. The first-order valence-corrected chi connectivity index (χ1v) is 3.81. The van der Waals surface area contributed by atoms with Gasteiger partial charge < -0.3 is 5.73 Å². The van der Waals surface area contributed by atoms with Gasteiger partial charge in [0.15, 0.2) is 11.2 Å². The number of aromatic nitrogens is 5. The lowest BCUT2D eigenvalue weighted by molar-refractivity contribution is 0.641. The standard InChI is InChI=1S/C6H8N6O/c1-2-12-4-3(10-11-12)5(13)9-6(7)8-4/h2H2,1H3,(H3,7,8,9,13). The van der Waals surface area contributed by atoms with Crippen LogP contribution in [0.3, 0.4) is 0 Å². The summed E-state index contributed by atoms with van der Waals surface area (Å²) in [5.41, 5.74) is 5.65. The van der Waals surface area contributed by atoms with E-state index in [1.54, 1.807) is 0 Å². The second kappa shape index (κ2) is 2.54. The SMILES string of the molecule is CCn1nnc2c(=O)[nH]c(N)nc21. The summed E-state index contributed by atoms with van der Waals surface area (Å²) in [6.45, 7) is 2.49. The highest BCUT2D eigenvalue weighted by molar-refractivity contribution is 5.69. The van der Waals surface area contributed by atoms with Crippen LogP contribution in [-0.2, 0) is 6.54 Å². The Hall–Kier alpha value is -1.92. The molecule has 7 heteroatoms. The molecule has 68 valence electrons. The number of H-pyrrole nitrogens is 1. The van der Waals surface area contributed by atoms with E-state index >= 15 is 0 Å². The molecular weight excluding hydrogens is 172 g/mol. The van der Waals surface area contributed by atoms with Crippen LogP contribution in [0, 0.1) is 0 Å². The van der Waals surface area contributed by atoms with E-state index in [9.17, 15) is 4.79 Å². The topological polar surface area (TPSA) is 102 Å². The Kier molecular flexibility index (Phi) is 1.51. The van der Waals surface area contributed by atoms with Crippen LogP contribution >= 0.6 is 0 Å². The summed E-state index contributed by atoms with van der Waals surface area (Å²) in [5, 5.41) is 7.43. The predicted octanol–water partition coefficient (Wildman–Crippen LogP) is -0.883. The van der Waals surface area contributed by atoms with Gasteiger partial charge in [0.25, 0.3) is 5.56 Å². The van der Waals surface area contributed by atoms with E-state index in [0.717, 1.165) is 0 Å². The van der Waals surface area contributed by atoms with Gasteiger partial charge in [0.1, 0.15) is 0 Å². The van der Waals surface area contributed by atoms with Gasteiger partial charge in [0.2, 0.25) is 5.95 Å². The summed E-state index contributed by atoms with van der Waals surface area (Å²) >= 11 is 0. The van der Waals surface area contributed by atoms with Crippen molar-refractivity contribution in [1.82, 2.24) is 25.0 Å². The molecule has 0 saturated carbocycles. The zero-order valence-corrected chi connectivity index (χ0v) is 6.98. The largest absolute Gasteiger partial charge is 0.369 e. The molecule has 2 rings (SSSR count). The highest BCUT2D eigenvalue weighted by atomic mass is 16.1. The van der Waals surface area contributed by atoms with Crippen molar-refractivity contribution in [1.29, 1.82) is 0 Å². The molecule has 3 N–H and O–H groups in total. The maximum Gasteiger partial charge on any atom is 0.282 e. The second-order valence-corrected chi connectivity index (χ2v) is 2.53. The van der Waals surface area contributed by atoms with Gasteiger partial charge in [0, 0.05) is 6.54 Å². The number of hydrogen-bond donors (Lipinski definition) is 2. The summed E-state index contributed by atoms with van der Waals surface area (Å²) in [5.74, 6) is 0.0782. The van der Waals surface area contributed by atoms with Gasteiger partial charge in [-0.25, -0.2) is 4.68 Å². The van der Waals surface area contributed by atoms with E-state index in [-0.39, 0.29) is 17.0 Å². The Morgan fingerprint density at radius 1 is 1.62 bits per heavy atom. The van der Waals surface area contributed by atoms with Crippen LogP contribution in [0.4, 0.5) is 5.95 Å². The van der Waals surface area contributed by atoms with E-state index in [4.69, 9.17) is 5.73 Å². The van der Waals surface area contributed by atoms with Crippen LogP contribution in [-0.4, -0.2) is 25.0 Å². The summed E-state index contributed by atoms with van der Waals surface area (Å²) in [4.78, 5) is 17.5. The molecule has 0 amide bonds. The third-order valence-electron chi connectivity index (χ3n) is 1.69. The molecule has 0 saturated heterocycles. The third kappa shape index (κ3) is 1.05. The maximum atomic E-state index is 11.2. The molecule has 2 heterocycles. The molecule has 0 aliphatic rings. The number of nitrogens with one attached hydrogen (secondary N) is 1. The average molecular weight is 180 g/mol. The number of fused-ring (bicyclic) bond motifs is 1. The molecule has 0 aliphatic heterocycles. The minimum absolute atomic E-state index is 0.0782. The molecule has 0 spiro atoms. The van der Waals surface area contributed by atoms with Crippen LogP contribution in [0.1, 0.15) is 6.92 Å². The van der Waals surface area contributed by atoms with Crippen molar-refractivity contribution in [3.05, 3.63) is 10.4 Å². The molecule has 0 fully saturated rings. The van der Waals surface area contributed by atoms with Crippen molar-refractivity contribution in [2.75, 3.05) is 5.73 Å². The maximum absolute atomic E-state index is 11.2. The lowest BCUT2D eigenvalue weighted by atomic mass is 10.5. The van der Waals surface area contributed by atoms with Crippen molar-refractivity contribution in [3.8, 4) is 0 Å². The lowest BCUT2D eigenvalue weighted by Gasteiger charge is -1.95. The van der Waals surface area contributed by atoms with E-state index < -0.39 is 0 Å². The van der Waals surface area contributed by atoms with Gasteiger partial charge in [-0.1, -0.05) is 5.21 Å². The molecular formula is C6H8N6O. The molecule has 2 aromatic heterocycles. The highest BCUT2D eigenvalue weighted by Gasteiger charge is 2.08. The fourth-order valence-corrected chi connectivity index (χ4v) is 1.10. The summed E-state index contributed by atoms with van der Waals surface area (Å²) < 4.78 is 1.51. The molecule has 2 aromatic rings. The Balaban J connectivity index is 2.90. The molecule has 0 aromatic carbocycles. The van der Waals surface area contributed by atoms with E-state index in [1.807, 2.05) is 6.92 Å². The van der Waals surface area contributed by atoms with Gasteiger partial charge in [-0.3, -0.25) is 9.78 Å². The Morgan fingerprint density at radius 2 is 2.38 bits per heavy atom. The monoisotopic (exact) mass is 180 g/mol.